The number of carbonyl (C=O) groups is 3. The van der Waals surface area contributed by atoms with Gasteiger partial charge in [0.15, 0.2) is 0 Å². The number of aromatic nitrogens is 1. The van der Waals surface area contributed by atoms with Gasteiger partial charge in [0.05, 0.1) is 24.5 Å². The Morgan fingerprint density at radius 1 is 1.07 bits per heavy atom. The second-order valence-electron chi connectivity index (χ2n) is 10.6. The molecule has 1 aromatic heterocycles. The molecule has 1 fully saturated rings. The molecule has 2 aromatic carbocycles. The number of rotatable bonds is 5. The minimum Gasteiger partial charge on any atom is -0.453 e. The Hall–Kier alpha value is -4.24. The van der Waals surface area contributed by atoms with Gasteiger partial charge in [0, 0.05) is 35.5 Å². The summed E-state index contributed by atoms with van der Waals surface area (Å²) in [5.41, 5.74) is 12.2. The number of nitrogens with two attached hydrogens (primary N) is 1. The van der Waals surface area contributed by atoms with Crippen LogP contribution < -0.4 is 21.7 Å². The lowest BCUT2D eigenvalue weighted by atomic mass is 9.95. The molecule has 5 rings (SSSR count). The average Bonchev–Trinajstić information content (AvgIpc) is 3.81. The van der Waals surface area contributed by atoms with Crippen LogP contribution in [0.2, 0.25) is 0 Å². The summed E-state index contributed by atoms with van der Waals surface area (Å²) >= 11 is 0. The summed E-state index contributed by atoms with van der Waals surface area (Å²) in [7, 11) is 1.29. The quantitative estimate of drug-likeness (QED) is 0.337. The molecule has 3 amide bonds. The number of benzene rings is 2. The molecular weight excluding hydrogens is 506 g/mol. The van der Waals surface area contributed by atoms with Crippen molar-refractivity contribution in [1.29, 1.82) is 0 Å². The number of hydrogen-bond donors (Lipinski definition) is 4. The van der Waals surface area contributed by atoms with E-state index in [4.69, 9.17) is 10.5 Å². The highest BCUT2D eigenvalue weighted by Gasteiger charge is 2.27. The fourth-order valence-electron chi connectivity index (χ4n) is 5.20. The SMILES string of the molecule is COC(=O)Nc1ccc2c(c1)NC(=O)[C@@H](C)CCC[C@H](NC(=O)c1ccc(CN)c(C3CC3)c1)c1cc-2ccn1. The Morgan fingerprint density at radius 3 is 2.65 bits per heavy atom. The molecule has 9 nitrogen and oxygen atoms in total. The van der Waals surface area contributed by atoms with Gasteiger partial charge in [0.1, 0.15) is 0 Å². The molecule has 2 bridgehead atoms. The normalized spacial score (nSPS) is 18.8. The lowest BCUT2D eigenvalue weighted by molar-refractivity contribution is -0.119. The predicted molar refractivity (Wildman–Crippen MR) is 154 cm³/mol. The summed E-state index contributed by atoms with van der Waals surface area (Å²) in [6.45, 7) is 2.35. The van der Waals surface area contributed by atoms with Crippen LogP contribution in [0.3, 0.4) is 0 Å². The van der Waals surface area contributed by atoms with Crippen LogP contribution in [0.15, 0.2) is 54.7 Å². The van der Waals surface area contributed by atoms with Gasteiger partial charge in [-0.2, -0.15) is 0 Å². The second-order valence-corrected chi connectivity index (χ2v) is 10.6. The lowest BCUT2D eigenvalue weighted by Crippen LogP contribution is -2.30. The summed E-state index contributed by atoms with van der Waals surface area (Å²) in [4.78, 5) is 42.9. The predicted octanol–water partition coefficient (Wildman–Crippen LogP) is 5.49. The molecule has 208 valence electrons. The van der Waals surface area contributed by atoms with Crippen molar-refractivity contribution in [3.63, 3.8) is 0 Å². The molecule has 40 heavy (non-hydrogen) atoms. The van der Waals surface area contributed by atoms with Gasteiger partial charge in [-0.15, -0.1) is 0 Å². The van der Waals surface area contributed by atoms with Gasteiger partial charge in [-0.25, -0.2) is 4.79 Å². The number of nitrogens with zero attached hydrogens (tertiary/aromatic N) is 1. The topological polar surface area (TPSA) is 135 Å². The van der Waals surface area contributed by atoms with E-state index in [0.29, 0.717) is 42.2 Å². The van der Waals surface area contributed by atoms with Crippen LogP contribution in [0.4, 0.5) is 16.2 Å². The van der Waals surface area contributed by atoms with Crippen LogP contribution in [0.25, 0.3) is 11.1 Å². The van der Waals surface area contributed by atoms with Gasteiger partial charge in [0.25, 0.3) is 5.91 Å². The van der Waals surface area contributed by atoms with Crippen LogP contribution in [0.1, 0.15) is 78.2 Å². The van der Waals surface area contributed by atoms with Gasteiger partial charge in [-0.1, -0.05) is 25.5 Å². The number of methoxy groups -OCH3 is 1. The second kappa shape index (κ2) is 11.9. The Bertz CT molecular complexity index is 1430. The molecule has 0 unspecified atom stereocenters. The zero-order valence-corrected chi connectivity index (χ0v) is 22.8. The maximum absolute atomic E-state index is 13.5. The number of ether oxygens (including phenoxy) is 1. The minimum absolute atomic E-state index is 0.112. The standard InChI is InChI=1S/C31H35N5O4/c1-18-4-3-5-26(35-30(38)21-8-9-22(17-32)25(14-21)19-6-7-19)28-15-20(12-13-33-28)24-11-10-23(34-31(39)40-2)16-27(24)36-29(18)37/h8-16,18-19,26H,3-7,17,32H2,1-2H3,(H,34,39)(H,35,38)(H,36,37)/t18-,26-/m0/s1. The number of hydrogen-bond acceptors (Lipinski definition) is 6. The molecular formula is C31H35N5O4. The van der Waals surface area contributed by atoms with Crippen molar-refractivity contribution in [1.82, 2.24) is 10.3 Å². The molecule has 1 aliphatic carbocycles. The highest BCUT2D eigenvalue weighted by molar-refractivity contribution is 5.98. The summed E-state index contributed by atoms with van der Waals surface area (Å²) in [5, 5.41) is 8.89. The third-order valence-corrected chi connectivity index (χ3v) is 7.69. The van der Waals surface area contributed by atoms with E-state index in [-0.39, 0.29) is 23.8 Å². The molecule has 0 saturated heterocycles. The molecule has 3 aromatic rings. The molecule has 1 aliphatic heterocycles. The molecule has 0 radical (unpaired) electrons. The summed E-state index contributed by atoms with van der Waals surface area (Å²) in [5.74, 6) is -0.0296. The number of anilines is 2. The van der Waals surface area contributed by atoms with Gasteiger partial charge in [-0.05, 0) is 84.7 Å². The largest absolute Gasteiger partial charge is 0.453 e. The Balaban J connectivity index is 1.47. The number of fused-ring (bicyclic) bond motifs is 4. The van der Waals surface area contributed by atoms with Crippen molar-refractivity contribution in [3.8, 4) is 11.1 Å². The fraction of sp³-hybridized carbons (Fsp3) is 0.355. The summed E-state index contributed by atoms with van der Waals surface area (Å²) < 4.78 is 4.71. The monoisotopic (exact) mass is 541 g/mol. The van der Waals surface area contributed by atoms with Gasteiger partial charge in [0.2, 0.25) is 5.91 Å². The van der Waals surface area contributed by atoms with Crippen LogP contribution in [0.5, 0.6) is 0 Å². The molecule has 0 spiro atoms. The van der Waals surface area contributed by atoms with E-state index in [1.165, 1.54) is 12.7 Å². The van der Waals surface area contributed by atoms with Crippen LogP contribution in [-0.2, 0) is 16.1 Å². The minimum atomic E-state index is -0.598. The van der Waals surface area contributed by atoms with E-state index < -0.39 is 6.09 Å². The van der Waals surface area contributed by atoms with E-state index in [1.54, 1.807) is 18.3 Å². The molecule has 5 N–H and O–H groups in total. The maximum Gasteiger partial charge on any atom is 0.411 e. The molecule has 2 atom stereocenters. The maximum atomic E-state index is 13.5. The van der Waals surface area contributed by atoms with E-state index >= 15 is 0 Å². The zero-order chi connectivity index (χ0) is 28.2. The van der Waals surface area contributed by atoms with E-state index in [0.717, 1.165) is 41.6 Å². The Kier molecular flexibility index (Phi) is 8.11. The van der Waals surface area contributed by atoms with E-state index in [2.05, 4.69) is 20.9 Å². The van der Waals surface area contributed by atoms with Crippen molar-refractivity contribution < 1.29 is 19.1 Å². The highest BCUT2D eigenvalue weighted by atomic mass is 16.5. The van der Waals surface area contributed by atoms with Crippen molar-refractivity contribution >= 4 is 29.3 Å². The molecule has 1 saturated carbocycles. The number of amides is 3. The van der Waals surface area contributed by atoms with Crippen LogP contribution in [0, 0.1) is 5.92 Å². The summed E-state index contributed by atoms with van der Waals surface area (Å²) in [6.07, 6.45) is 5.39. The van der Waals surface area contributed by atoms with Crippen molar-refractivity contribution in [3.05, 3.63) is 77.1 Å². The highest BCUT2D eigenvalue weighted by Crippen LogP contribution is 2.42. The van der Waals surface area contributed by atoms with E-state index in [1.807, 2.05) is 43.3 Å². The van der Waals surface area contributed by atoms with E-state index in [9.17, 15) is 14.4 Å². The molecule has 2 aliphatic rings. The first-order chi connectivity index (χ1) is 19.4. The van der Waals surface area contributed by atoms with Gasteiger partial charge >= 0.3 is 6.09 Å². The number of nitrogens with one attached hydrogen (secondary N) is 3. The molecule has 9 heteroatoms. The van der Waals surface area contributed by atoms with Crippen LogP contribution in [-0.4, -0.2) is 30.0 Å². The van der Waals surface area contributed by atoms with Gasteiger partial charge < -0.3 is 21.1 Å². The van der Waals surface area contributed by atoms with Crippen molar-refractivity contribution in [2.45, 2.75) is 57.5 Å². The third kappa shape index (κ3) is 6.15. The average molecular weight is 542 g/mol. The molecule has 2 heterocycles. The fourth-order valence-corrected chi connectivity index (χ4v) is 5.20. The first-order valence-electron chi connectivity index (χ1n) is 13.8. The Labute approximate surface area is 233 Å². The van der Waals surface area contributed by atoms with Crippen LogP contribution >= 0.6 is 0 Å². The zero-order valence-electron chi connectivity index (χ0n) is 22.8. The first-order valence-corrected chi connectivity index (χ1v) is 13.8. The van der Waals surface area contributed by atoms with Gasteiger partial charge in [-0.3, -0.25) is 19.9 Å². The van der Waals surface area contributed by atoms with Crippen molar-refractivity contribution in [2.75, 3.05) is 17.7 Å². The smallest absolute Gasteiger partial charge is 0.411 e. The first kappa shape index (κ1) is 27.3. The third-order valence-electron chi connectivity index (χ3n) is 7.69. The number of pyridine rings is 1. The lowest BCUT2D eigenvalue weighted by Gasteiger charge is -2.22. The summed E-state index contributed by atoms with van der Waals surface area (Å²) in [6, 6.07) is 14.6. The van der Waals surface area contributed by atoms with Crippen molar-refractivity contribution in [2.24, 2.45) is 11.7 Å². The Morgan fingerprint density at radius 2 is 1.90 bits per heavy atom. The number of carbonyl (C=O) groups excluding carboxylic acids is 3.